The Labute approximate surface area is 156 Å². The third-order valence-electron chi connectivity index (χ3n) is 5.33. The quantitative estimate of drug-likeness (QED) is 0.870. The molecule has 0 spiro atoms. The molecule has 0 radical (unpaired) electrons. The summed E-state index contributed by atoms with van der Waals surface area (Å²) in [6.07, 6.45) is 4.24. The number of amides is 1. The lowest BCUT2D eigenvalue weighted by atomic mass is 10.1. The summed E-state index contributed by atoms with van der Waals surface area (Å²) >= 11 is 0. The van der Waals surface area contributed by atoms with Gasteiger partial charge in [0.1, 0.15) is 17.6 Å². The van der Waals surface area contributed by atoms with E-state index in [0.29, 0.717) is 25.1 Å². The van der Waals surface area contributed by atoms with Crippen LogP contribution in [0.3, 0.4) is 0 Å². The predicted octanol–water partition coefficient (Wildman–Crippen LogP) is 2.30. The van der Waals surface area contributed by atoms with Gasteiger partial charge in [0.25, 0.3) is 0 Å². The van der Waals surface area contributed by atoms with Crippen molar-refractivity contribution >= 4 is 5.91 Å². The van der Waals surface area contributed by atoms with Gasteiger partial charge in [0.05, 0.1) is 0 Å². The molecule has 1 saturated carbocycles. The first-order valence-electron chi connectivity index (χ1n) is 9.08. The standard InChI is InChI=1S/C19H22F2N4O2/c1-24-8-7-23-17(24)15-11-22-6-9-25(15)18(26)14-10-13(14)12-4-2-3-5-16(12)27-19(20)21/h2-5,7-8,13-15,19,22H,6,9-11H2,1H3. The maximum Gasteiger partial charge on any atom is 0.387 e. The summed E-state index contributed by atoms with van der Waals surface area (Å²) in [5.41, 5.74) is 0.680. The first-order chi connectivity index (χ1) is 13.1. The molecule has 1 aliphatic carbocycles. The summed E-state index contributed by atoms with van der Waals surface area (Å²) in [7, 11) is 1.91. The highest BCUT2D eigenvalue weighted by Crippen LogP contribution is 2.52. The topological polar surface area (TPSA) is 59.4 Å². The van der Waals surface area contributed by atoms with Crippen LogP contribution in [0.1, 0.15) is 29.8 Å². The van der Waals surface area contributed by atoms with Crippen LogP contribution in [0.2, 0.25) is 0 Å². The van der Waals surface area contributed by atoms with Crippen LogP contribution >= 0.6 is 0 Å². The van der Waals surface area contributed by atoms with Gasteiger partial charge < -0.3 is 19.5 Å². The molecule has 2 fully saturated rings. The monoisotopic (exact) mass is 376 g/mol. The summed E-state index contributed by atoms with van der Waals surface area (Å²) < 4.78 is 31.9. The van der Waals surface area contributed by atoms with E-state index in [1.165, 1.54) is 6.07 Å². The molecule has 1 aliphatic heterocycles. The van der Waals surface area contributed by atoms with Crippen molar-refractivity contribution in [3.8, 4) is 5.75 Å². The van der Waals surface area contributed by atoms with E-state index in [-0.39, 0.29) is 29.5 Å². The predicted molar refractivity (Wildman–Crippen MR) is 94.5 cm³/mol. The number of ether oxygens (including phenoxy) is 1. The van der Waals surface area contributed by atoms with Crippen molar-refractivity contribution in [2.45, 2.75) is 25.0 Å². The Kier molecular flexibility index (Phi) is 4.82. The number of benzene rings is 1. The number of carbonyl (C=O) groups excluding carboxylic acids is 1. The number of para-hydroxylation sites is 1. The minimum atomic E-state index is -2.87. The minimum absolute atomic E-state index is 0.0568. The van der Waals surface area contributed by atoms with E-state index in [9.17, 15) is 13.6 Å². The number of imidazole rings is 1. The van der Waals surface area contributed by atoms with E-state index in [0.717, 1.165) is 12.4 Å². The Hall–Kier alpha value is -2.48. The molecular weight excluding hydrogens is 354 g/mol. The fourth-order valence-corrected chi connectivity index (χ4v) is 3.91. The van der Waals surface area contributed by atoms with Gasteiger partial charge in [-0.05, 0) is 24.0 Å². The number of halogens is 2. The van der Waals surface area contributed by atoms with Crippen LogP contribution < -0.4 is 10.1 Å². The van der Waals surface area contributed by atoms with Crippen molar-refractivity contribution in [2.24, 2.45) is 13.0 Å². The maximum absolute atomic E-state index is 13.2. The number of aryl methyl sites for hydroxylation is 1. The number of nitrogens with zero attached hydrogens (tertiary/aromatic N) is 3. The number of nitrogens with one attached hydrogen (secondary N) is 1. The summed E-state index contributed by atoms with van der Waals surface area (Å²) in [6, 6.07) is 6.62. The molecule has 8 heteroatoms. The molecule has 1 N–H and O–H groups in total. The highest BCUT2D eigenvalue weighted by molar-refractivity contribution is 5.83. The maximum atomic E-state index is 13.2. The largest absolute Gasteiger partial charge is 0.435 e. The lowest BCUT2D eigenvalue weighted by Crippen LogP contribution is -2.50. The van der Waals surface area contributed by atoms with Crippen molar-refractivity contribution in [3.63, 3.8) is 0 Å². The van der Waals surface area contributed by atoms with Crippen molar-refractivity contribution in [2.75, 3.05) is 19.6 Å². The van der Waals surface area contributed by atoms with Crippen molar-refractivity contribution in [3.05, 3.63) is 48.0 Å². The molecule has 1 aromatic carbocycles. The third kappa shape index (κ3) is 3.53. The summed E-state index contributed by atoms with van der Waals surface area (Å²) in [4.78, 5) is 19.4. The Balaban J connectivity index is 1.52. The number of hydrogen-bond acceptors (Lipinski definition) is 4. The molecule has 1 aromatic heterocycles. The van der Waals surface area contributed by atoms with E-state index in [1.54, 1.807) is 24.4 Å². The molecule has 6 nitrogen and oxygen atoms in total. The zero-order valence-electron chi connectivity index (χ0n) is 15.0. The highest BCUT2D eigenvalue weighted by Gasteiger charge is 2.48. The third-order valence-corrected chi connectivity index (χ3v) is 5.33. The molecule has 1 saturated heterocycles. The molecule has 2 aromatic rings. The smallest absolute Gasteiger partial charge is 0.387 e. The zero-order chi connectivity index (χ0) is 19.0. The van der Waals surface area contributed by atoms with Gasteiger partial charge in [-0.3, -0.25) is 4.79 Å². The van der Waals surface area contributed by atoms with Gasteiger partial charge in [0, 0.05) is 45.0 Å². The van der Waals surface area contributed by atoms with Crippen molar-refractivity contribution in [1.29, 1.82) is 0 Å². The van der Waals surface area contributed by atoms with Gasteiger partial charge in [-0.1, -0.05) is 18.2 Å². The van der Waals surface area contributed by atoms with Gasteiger partial charge in [-0.2, -0.15) is 8.78 Å². The second-order valence-corrected chi connectivity index (χ2v) is 7.01. The number of piperazine rings is 1. The van der Waals surface area contributed by atoms with Crippen LogP contribution in [-0.4, -0.2) is 46.6 Å². The average molecular weight is 376 g/mol. The molecular formula is C19H22F2N4O2. The van der Waals surface area contributed by atoms with E-state index < -0.39 is 6.61 Å². The molecule has 3 unspecified atom stereocenters. The SMILES string of the molecule is Cn1ccnc1C1CNCCN1C(=O)C1CC1c1ccccc1OC(F)F. The van der Waals surface area contributed by atoms with Gasteiger partial charge in [0.2, 0.25) is 5.91 Å². The number of carbonyl (C=O) groups is 1. The first kappa shape index (κ1) is 17.9. The van der Waals surface area contributed by atoms with Gasteiger partial charge in [-0.15, -0.1) is 0 Å². The Morgan fingerprint density at radius 1 is 1.37 bits per heavy atom. The van der Waals surface area contributed by atoms with Crippen molar-refractivity contribution < 1.29 is 18.3 Å². The summed E-state index contributed by atoms with van der Waals surface area (Å²) in [5.74, 6) is 0.780. The molecule has 27 heavy (non-hydrogen) atoms. The first-order valence-corrected chi connectivity index (χ1v) is 9.08. The molecule has 3 atom stereocenters. The molecule has 4 rings (SSSR count). The summed E-state index contributed by atoms with van der Waals surface area (Å²) in [5, 5.41) is 3.32. The molecule has 0 bridgehead atoms. The van der Waals surface area contributed by atoms with E-state index >= 15 is 0 Å². The second-order valence-electron chi connectivity index (χ2n) is 7.01. The van der Waals surface area contributed by atoms with Gasteiger partial charge >= 0.3 is 6.61 Å². The summed E-state index contributed by atoms with van der Waals surface area (Å²) in [6.45, 7) is -0.886. The fourth-order valence-electron chi connectivity index (χ4n) is 3.91. The molecule has 2 heterocycles. The second kappa shape index (κ2) is 7.26. The number of rotatable bonds is 5. The van der Waals surface area contributed by atoms with Crippen LogP contribution in [0.15, 0.2) is 36.7 Å². The van der Waals surface area contributed by atoms with Crippen LogP contribution in [0.4, 0.5) is 8.78 Å². The molecule has 2 aliphatic rings. The van der Waals surface area contributed by atoms with E-state index in [1.807, 2.05) is 22.7 Å². The lowest BCUT2D eigenvalue weighted by molar-refractivity contribution is -0.136. The normalized spacial score (nSPS) is 24.9. The van der Waals surface area contributed by atoms with Gasteiger partial charge in [0.15, 0.2) is 0 Å². The minimum Gasteiger partial charge on any atom is -0.435 e. The molecule has 144 valence electrons. The Morgan fingerprint density at radius 2 is 2.19 bits per heavy atom. The van der Waals surface area contributed by atoms with E-state index in [2.05, 4.69) is 15.0 Å². The average Bonchev–Trinajstić information content (AvgIpc) is 3.34. The number of hydrogen-bond donors (Lipinski definition) is 1. The van der Waals surface area contributed by atoms with Crippen LogP contribution in [0.5, 0.6) is 5.75 Å². The number of aromatic nitrogens is 2. The van der Waals surface area contributed by atoms with Crippen LogP contribution in [-0.2, 0) is 11.8 Å². The van der Waals surface area contributed by atoms with Crippen molar-refractivity contribution in [1.82, 2.24) is 19.8 Å². The molecule has 1 amide bonds. The lowest BCUT2D eigenvalue weighted by Gasteiger charge is -2.36. The highest BCUT2D eigenvalue weighted by atomic mass is 19.3. The van der Waals surface area contributed by atoms with Gasteiger partial charge in [-0.25, -0.2) is 4.98 Å². The Bertz CT molecular complexity index is 826. The van der Waals surface area contributed by atoms with E-state index in [4.69, 9.17) is 0 Å². The number of alkyl halides is 2. The van der Waals surface area contributed by atoms with Crippen LogP contribution in [0.25, 0.3) is 0 Å². The Morgan fingerprint density at radius 3 is 2.93 bits per heavy atom. The zero-order valence-corrected chi connectivity index (χ0v) is 15.0. The fraction of sp³-hybridized carbons (Fsp3) is 0.474. The van der Waals surface area contributed by atoms with Crippen LogP contribution in [0, 0.1) is 5.92 Å².